The molecule has 0 bridgehead atoms. The third kappa shape index (κ3) is 5.54. The number of sulfonamides is 1. The van der Waals surface area contributed by atoms with Crippen LogP contribution < -0.4 is 10.0 Å². The lowest BCUT2D eigenvalue weighted by molar-refractivity contribution is 0.539. The summed E-state index contributed by atoms with van der Waals surface area (Å²) in [6, 6.07) is 2.35. The molecule has 0 aromatic heterocycles. The van der Waals surface area contributed by atoms with Crippen molar-refractivity contribution in [2.75, 3.05) is 13.6 Å². The van der Waals surface area contributed by atoms with Crippen molar-refractivity contribution in [3.63, 3.8) is 0 Å². The van der Waals surface area contributed by atoms with Gasteiger partial charge in [0.25, 0.3) is 0 Å². The van der Waals surface area contributed by atoms with E-state index in [1.807, 2.05) is 0 Å². The van der Waals surface area contributed by atoms with Crippen LogP contribution in [-0.2, 0) is 16.6 Å². The largest absolute Gasteiger partial charge is 0.316 e. The van der Waals surface area contributed by atoms with Gasteiger partial charge in [-0.15, -0.1) is 0 Å². The van der Waals surface area contributed by atoms with Crippen LogP contribution >= 0.6 is 11.6 Å². The zero-order chi connectivity index (χ0) is 16.0. The summed E-state index contributed by atoms with van der Waals surface area (Å²) in [7, 11) is -2.03. The summed E-state index contributed by atoms with van der Waals surface area (Å²) in [6.07, 6.45) is 1.68. The third-order valence-electron chi connectivity index (χ3n) is 3.00. The monoisotopic (exact) mass is 336 g/mol. The van der Waals surface area contributed by atoms with Crippen molar-refractivity contribution >= 4 is 21.6 Å². The van der Waals surface area contributed by atoms with Crippen LogP contribution in [0, 0.1) is 11.7 Å². The van der Waals surface area contributed by atoms with Gasteiger partial charge in [-0.25, -0.2) is 17.5 Å². The summed E-state index contributed by atoms with van der Waals surface area (Å²) < 4.78 is 40.5. The van der Waals surface area contributed by atoms with Gasteiger partial charge in [0, 0.05) is 13.1 Å². The van der Waals surface area contributed by atoms with Crippen LogP contribution in [0.15, 0.2) is 17.0 Å². The molecular formula is C14H22ClFN2O2S. The topological polar surface area (TPSA) is 58.2 Å². The zero-order valence-electron chi connectivity index (χ0n) is 12.5. The maximum atomic E-state index is 13.7. The Labute approximate surface area is 131 Å². The molecule has 1 aromatic carbocycles. The molecule has 0 fully saturated rings. The van der Waals surface area contributed by atoms with E-state index in [2.05, 4.69) is 23.9 Å². The summed E-state index contributed by atoms with van der Waals surface area (Å²) in [4.78, 5) is -0.0980. The molecule has 0 amide bonds. The van der Waals surface area contributed by atoms with Crippen LogP contribution in [0.25, 0.3) is 0 Å². The average Bonchev–Trinajstić information content (AvgIpc) is 2.39. The lowest BCUT2D eigenvalue weighted by atomic mass is 10.1. The number of hydrogen-bond acceptors (Lipinski definition) is 3. The minimum Gasteiger partial charge on any atom is -0.316 e. The molecule has 0 saturated carbocycles. The predicted molar refractivity (Wildman–Crippen MR) is 83.4 cm³/mol. The molecule has 0 unspecified atom stereocenters. The molecule has 7 heteroatoms. The van der Waals surface area contributed by atoms with Gasteiger partial charge in [-0.1, -0.05) is 25.4 Å². The highest BCUT2D eigenvalue weighted by Gasteiger charge is 2.18. The number of rotatable bonds is 8. The summed E-state index contributed by atoms with van der Waals surface area (Å²) in [5.41, 5.74) is 0.418. The summed E-state index contributed by atoms with van der Waals surface area (Å²) in [6.45, 7) is 4.79. The van der Waals surface area contributed by atoms with Crippen molar-refractivity contribution < 1.29 is 12.8 Å². The number of halogens is 2. The fourth-order valence-corrected chi connectivity index (χ4v) is 3.20. The summed E-state index contributed by atoms with van der Waals surface area (Å²) in [5, 5.41) is 2.78. The van der Waals surface area contributed by atoms with Gasteiger partial charge in [-0.2, -0.15) is 0 Å². The molecule has 0 aliphatic heterocycles. The maximum absolute atomic E-state index is 13.7. The summed E-state index contributed by atoms with van der Waals surface area (Å²) in [5.74, 6) is -0.211. The van der Waals surface area contributed by atoms with Gasteiger partial charge in [0.1, 0.15) is 5.82 Å². The number of hydrogen-bond donors (Lipinski definition) is 2. The Bertz CT molecular complexity index is 577. The third-order valence-corrected chi connectivity index (χ3v) is 4.87. The Hall–Kier alpha value is -0.690. The molecule has 0 aliphatic rings. The van der Waals surface area contributed by atoms with E-state index in [1.165, 1.54) is 6.07 Å². The fraction of sp³-hybridized carbons (Fsp3) is 0.571. The first-order valence-electron chi connectivity index (χ1n) is 6.90. The molecule has 0 heterocycles. The van der Waals surface area contributed by atoms with Crippen LogP contribution in [0.1, 0.15) is 32.3 Å². The Morgan fingerprint density at radius 2 is 2.00 bits per heavy atom. The molecule has 120 valence electrons. The minimum absolute atomic E-state index is 0.0527. The second-order valence-electron chi connectivity index (χ2n) is 5.34. The van der Waals surface area contributed by atoms with Crippen LogP contribution in [0.3, 0.4) is 0 Å². The van der Waals surface area contributed by atoms with Gasteiger partial charge in [0.15, 0.2) is 0 Å². The molecule has 2 N–H and O–H groups in total. The van der Waals surface area contributed by atoms with Gasteiger partial charge in [-0.05, 0) is 43.5 Å². The van der Waals surface area contributed by atoms with Gasteiger partial charge >= 0.3 is 0 Å². The highest BCUT2D eigenvalue weighted by atomic mass is 35.5. The van der Waals surface area contributed by atoms with Crippen LogP contribution in [-0.4, -0.2) is 22.0 Å². The molecule has 0 atom stereocenters. The first-order chi connectivity index (χ1) is 9.77. The van der Waals surface area contributed by atoms with E-state index in [9.17, 15) is 12.8 Å². The minimum atomic E-state index is -3.71. The standard InChI is InChI=1S/C14H22ClFN2O2S/c1-10(2)5-4-6-18-21(19,20)12-7-11(9-17-3)14(15)13(16)8-12/h7-8,10,17-18H,4-6,9H2,1-3H3. The lowest BCUT2D eigenvalue weighted by Gasteiger charge is -2.11. The molecule has 0 spiro atoms. The Balaban J connectivity index is 2.87. The predicted octanol–water partition coefficient (Wildman–Crippen LogP) is 2.91. The van der Waals surface area contributed by atoms with Gasteiger partial charge < -0.3 is 5.32 Å². The first-order valence-corrected chi connectivity index (χ1v) is 8.76. The molecule has 21 heavy (non-hydrogen) atoms. The molecule has 0 radical (unpaired) electrons. The molecule has 4 nitrogen and oxygen atoms in total. The second-order valence-corrected chi connectivity index (χ2v) is 7.49. The Kier molecular flexibility index (Phi) is 7.06. The van der Waals surface area contributed by atoms with E-state index in [0.29, 0.717) is 24.6 Å². The van der Waals surface area contributed by atoms with Crippen molar-refractivity contribution in [1.29, 1.82) is 0 Å². The van der Waals surface area contributed by atoms with Crippen LogP contribution in [0.2, 0.25) is 5.02 Å². The molecule has 0 saturated heterocycles. The first kappa shape index (κ1) is 18.4. The molecule has 1 rings (SSSR count). The molecular weight excluding hydrogens is 315 g/mol. The van der Waals surface area contributed by atoms with Gasteiger partial charge in [0.2, 0.25) is 10.0 Å². The molecule has 1 aromatic rings. The van der Waals surface area contributed by atoms with Crippen molar-refractivity contribution in [1.82, 2.24) is 10.0 Å². The smallest absolute Gasteiger partial charge is 0.240 e. The maximum Gasteiger partial charge on any atom is 0.240 e. The average molecular weight is 337 g/mol. The zero-order valence-corrected chi connectivity index (χ0v) is 14.1. The normalized spacial score (nSPS) is 12.1. The lowest BCUT2D eigenvalue weighted by Crippen LogP contribution is -2.25. The van der Waals surface area contributed by atoms with Crippen molar-refractivity contribution in [2.45, 2.75) is 38.1 Å². The van der Waals surface area contributed by atoms with E-state index in [-0.39, 0.29) is 9.92 Å². The van der Waals surface area contributed by atoms with E-state index >= 15 is 0 Å². The van der Waals surface area contributed by atoms with Crippen molar-refractivity contribution in [2.24, 2.45) is 5.92 Å². The van der Waals surface area contributed by atoms with Crippen molar-refractivity contribution in [3.05, 3.63) is 28.5 Å². The Morgan fingerprint density at radius 1 is 1.33 bits per heavy atom. The van der Waals surface area contributed by atoms with E-state index in [0.717, 1.165) is 18.9 Å². The van der Waals surface area contributed by atoms with E-state index < -0.39 is 15.8 Å². The molecule has 0 aliphatic carbocycles. The highest BCUT2D eigenvalue weighted by molar-refractivity contribution is 7.89. The van der Waals surface area contributed by atoms with Crippen molar-refractivity contribution in [3.8, 4) is 0 Å². The second kappa shape index (κ2) is 8.08. The highest BCUT2D eigenvalue weighted by Crippen LogP contribution is 2.24. The fourth-order valence-electron chi connectivity index (χ4n) is 1.89. The summed E-state index contributed by atoms with van der Waals surface area (Å²) >= 11 is 5.83. The van der Waals surface area contributed by atoms with Crippen LogP contribution in [0.5, 0.6) is 0 Å². The van der Waals surface area contributed by atoms with Crippen LogP contribution in [0.4, 0.5) is 4.39 Å². The SMILES string of the molecule is CNCc1cc(S(=O)(=O)NCCCC(C)C)cc(F)c1Cl. The quantitative estimate of drug-likeness (QED) is 0.718. The van der Waals surface area contributed by atoms with E-state index in [1.54, 1.807) is 7.05 Å². The van der Waals surface area contributed by atoms with Gasteiger partial charge in [-0.3, -0.25) is 0 Å². The van der Waals surface area contributed by atoms with Gasteiger partial charge in [0.05, 0.1) is 9.92 Å². The van der Waals surface area contributed by atoms with E-state index in [4.69, 9.17) is 11.6 Å². The number of benzene rings is 1. The Morgan fingerprint density at radius 3 is 2.57 bits per heavy atom. The number of nitrogens with one attached hydrogen (secondary N) is 2.